The van der Waals surface area contributed by atoms with Crippen molar-refractivity contribution in [2.24, 2.45) is 5.92 Å². The Balaban J connectivity index is 2.30. The van der Waals surface area contributed by atoms with Gasteiger partial charge in [-0.2, -0.15) is 0 Å². The smallest absolute Gasteiger partial charge is 0.337 e. The van der Waals surface area contributed by atoms with E-state index in [-0.39, 0.29) is 23.8 Å². The van der Waals surface area contributed by atoms with Gasteiger partial charge in [0.15, 0.2) is 0 Å². The standard InChI is InChI=1S/C10H14O3/c1-6-5-7-3-2-4-8(11)9(7)10(12)13-6/h6-7,11H,2-5H2,1H3/t6-,7+/m0/s1. The molecular weight excluding hydrogens is 168 g/mol. The summed E-state index contributed by atoms with van der Waals surface area (Å²) in [6.07, 6.45) is 3.51. The lowest BCUT2D eigenvalue weighted by Crippen LogP contribution is -2.32. The number of rotatable bonds is 0. The number of hydrogen-bond donors (Lipinski definition) is 1. The zero-order valence-corrected chi connectivity index (χ0v) is 7.75. The van der Waals surface area contributed by atoms with Gasteiger partial charge in [0.25, 0.3) is 0 Å². The van der Waals surface area contributed by atoms with Crippen molar-refractivity contribution in [1.82, 2.24) is 0 Å². The van der Waals surface area contributed by atoms with Gasteiger partial charge < -0.3 is 9.84 Å². The van der Waals surface area contributed by atoms with Gasteiger partial charge in [-0.25, -0.2) is 4.79 Å². The van der Waals surface area contributed by atoms with Crippen LogP contribution in [0, 0.1) is 5.92 Å². The molecule has 1 heterocycles. The summed E-state index contributed by atoms with van der Waals surface area (Å²) >= 11 is 0. The first-order chi connectivity index (χ1) is 6.18. The number of esters is 1. The Morgan fingerprint density at radius 2 is 2.31 bits per heavy atom. The lowest BCUT2D eigenvalue weighted by atomic mass is 9.81. The first-order valence-electron chi connectivity index (χ1n) is 4.81. The van der Waals surface area contributed by atoms with Crippen LogP contribution in [-0.4, -0.2) is 17.2 Å². The van der Waals surface area contributed by atoms with E-state index in [4.69, 9.17) is 4.74 Å². The normalized spacial score (nSPS) is 34.1. The van der Waals surface area contributed by atoms with E-state index in [0.29, 0.717) is 12.0 Å². The van der Waals surface area contributed by atoms with Crippen LogP contribution in [0.15, 0.2) is 11.3 Å². The third-order valence-electron chi connectivity index (χ3n) is 2.83. The highest BCUT2D eigenvalue weighted by atomic mass is 16.5. The Morgan fingerprint density at radius 1 is 1.54 bits per heavy atom. The molecule has 0 saturated carbocycles. The topological polar surface area (TPSA) is 46.5 Å². The zero-order valence-electron chi connectivity index (χ0n) is 7.75. The van der Waals surface area contributed by atoms with E-state index in [2.05, 4.69) is 0 Å². The molecule has 0 unspecified atom stereocenters. The summed E-state index contributed by atoms with van der Waals surface area (Å²) in [7, 11) is 0. The molecule has 0 aromatic heterocycles. The molecule has 2 rings (SSSR count). The Bertz CT molecular complexity index is 267. The first kappa shape index (κ1) is 8.60. The zero-order chi connectivity index (χ0) is 9.42. The molecule has 2 atom stereocenters. The number of allylic oxidation sites excluding steroid dienone is 1. The summed E-state index contributed by atoms with van der Waals surface area (Å²) in [5, 5.41) is 9.54. The van der Waals surface area contributed by atoms with Crippen molar-refractivity contribution in [3.63, 3.8) is 0 Å². The third kappa shape index (κ3) is 1.43. The van der Waals surface area contributed by atoms with Gasteiger partial charge in [0.1, 0.15) is 5.76 Å². The van der Waals surface area contributed by atoms with Crippen LogP contribution in [0.5, 0.6) is 0 Å². The van der Waals surface area contributed by atoms with Gasteiger partial charge in [-0.05, 0) is 32.1 Å². The number of ether oxygens (including phenoxy) is 1. The van der Waals surface area contributed by atoms with E-state index in [1.54, 1.807) is 0 Å². The summed E-state index contributed by atoms with van der Waals surface area (Å²) < 4.78 is 5.07. The SMILES string of the molecule is C[C@H]1C[C@H]2CCCC(O)=C2C(=O)O1. The van der Waals surface area contributed by atoms with Crippen LogP contribution >= 0.6 is 0 Å². The highest BCUT2D eigenvalue weighted by Gasteiger charge is 2.35. The van der Waals surface area contributed by atoms with Crippen molar-refractivity contribution in [3.05, 3.63) is 11.3 Å². The molecule has 13 heavy (non-hydrogen) atoms. The van der Waals surface area contributed by atoms with Crippen LogP contribution in [0.3, 0.4) is 0 Å². The minimum Gasteiger partial charge on any atom is -0.512 e. The van der Waals surface area contributed by atoms with Crippen LogP contribution in [0.2, 0.25) is 0 Å². The Morgan fingerprint density at radius 3 is 3.08 bits per heavy atom. The van der Waals surface area contributed by atoms with Crippen LogP contribution < -0.4 is 0 Å². The van der Waals surface area contributed by atoms with Crippen molar-refractivity contribution in [1.29, 1.82) is 0 Å². The van der Waals surface area contributed by atoms with Crippen LogP contribution in [0.25, 0.3) is 0 Å². The lowest BCUT2D eigenvalue weighted by Gasteiger charge is -2.32. The van der Waals surface area contributed by atoms with Crippen molar-refractivity contribution >= 4 is 5.97 Å². The maximum Gasteiger partial charge on any atom is 0.337 e. The second-order valence-corrected chi connectivity index (χ2v) is 3.90. The molecule has 0 radical (unpaired) electrons. The van der Waals surface area contributed by atoms with E-state index >= 15 is 0 Å². The molecule has 0 amide bonds. The maximum absolute atomic E-state index is 11.4. The van der Waals surface area contributed by atoms with E-state index < -0.39 is 0 Å². The number of carbonyl (C=O) groups excluding carboxylic acids is 1. The fraction of sp³-hybridized carbons (Fsp3) is 0.700. The predicted molar refractivity (Wildman–Crippen MR) is 47.2 cm³/mol. The minimum atomic E-state index is -0.305. The average molecular weight is 182 g/mol. The molecular formula is C10H14O3. The Hall–Kier alpha value is -0.990. The molecule has 0 aromatic rings. The second-order valence-electron chi connectivity index (χ2n) is 3.90. The lowest BCUT2D eigenvalue weighted by molar-refractivity contribution is -0.149. The fourth-order valence-corrected chi connectivity index (χ4v) is 2.25. The van der Waals surface area contributed by atoms with Gasteiger partial charge in [-0.1, -0.05) is 0 Å². The van der Waals surface area contributed by atoms with Gasteiger partial charge >= 0.3 is 5.97 Å². The summed E-state index contributed by atoms with van der Waals surface area (Å²) in [5.41, 5.74) is 0.546. The fourth-order valence-electron chi connectivity index (χ4n) is 2.25. The van der Waals surface area contributed by atoms with E-state index in [0.717, 1.165) is 19.3 Å². The molecule has 0 aromatic carbocycles. The minimum absolute atomic E-state index is 0.00662. The number of carbonyl (C=O) groups is 1. The number of aliphatic hydroxyl groups excluding tert-OH is 1. The van der Waals surface area contributed by atoms with E-state index in [1.165, 1.54) is 0 Å². The largest absolute Gasteiger partial charge is 0.512 e. The van der Waals surface area contributed by atoms with Crippen molar-refractivity contribution in [3.8, 4) is 0 Å². The van der Waals surface area contributed by atoms with E-state index in [1.807, 2.05) is 6.92 Å². The number of fused-ring (bicyclic) bond motifs is 1. The summed E-state index contributed by atoms with van der Waals surface area (Å²) in [6.45, 7) is 1.90. The van der Waals surface area contributed by atoms with Gasteiger partial charge in [-0.3, -0.25) is 0 Å². The first-order valence-corrected chi connectivity index (χ1v) is 4.81. The molecule has 1 aliphatic carbocycles. The summed E-state index contributed by atoms with van der Waals surface area (Å²) in [4.78, 5) is 11.4. The van der Waals surface area contributed by atoms with E-state index in [9.17, 15) is 9.90 Å². The molecule has 1 fully saturated rings. The monoisotopic (exact) mass is 182 g/mol. The average Bonchev–Trinajstić information content (AvgIpc) is 2.02. The second kappa shape index (κ2) is 3.05. The quantitative estimate of drug-likeness (QED) is 0.582. The maximum atomic E-state index is 11.4. The molecule has 2 aliphatic rings. The van der Waals surface area contributed by atoms with Gasteiger partial charge in [0.05, 0.1) is 11.7 Å². The number of cyclic esters (lactones) is 1. The third-order valence-corrected chi connectivity index (χ3v) is 2.83. The van der Waals surface area contributed by atoms with Crippen molar-refractivity contribution in [2.45, 2.75) is 38.7 Å². The Labute approximate surface area is 77.4 Å². The number of hydrogen-bond acceptors (Lipinski definition) is 3. The number of aliphatic hydroxyl groups is 1. The molecule has 72 valence electrons. The van der Waals surface area contributed by atoms with Gasteiger partial charge in [0.2, 0.25) is 0 Å². The van der Waals surface area contributed by atoms with Gasteiger partial charge in [0, 0.05) is 6.42 Å². The van der Waals surface area contributed by atoms with Crippen LogP contribution in [-0.2, 0) is 9.53 Å². The molecule has 0 bridgehead atoms. The summed E-state index contributed by atoms with van der Waals surface area (Å²) in [5.74, 6) is 0.194. The van der Waals surface area contributed by atoms with Crippen molar-refractivity contribution in [2.75, 3.05) is 0 Å². The molecule has 0 spiro atoms. The highest BCUT2D eigenvalue weighted by molar-refractivity contribution is 5.90. The molecule has 1 N–H and O–H groups in total. The van der Waals surface area contributed by atoms with Gasteiger partial charge in [-0.15, -0.1) is 0 Å². The molecule has 1 aliphatic heterocycles. The predicted octanol–water partition coefficient (Wildman–Crippen LogP) is 1.93. The van der Waals surface area contributed by atoms with Crippen molar-refractivity contribution < 1.29 is 14.6 Å². The summed E-state index contributed by atoms with van der Waals surface area (Å²) in [6, 6.07) is 0. The highest BCUT2D eigenvalue weighted by Crippen LogP contribution is 2.36. The van der Waals surface area contributed by atoms with Crippen LogP contribution in [0.4, 0.5) is 0 Å². The molecule has 1 saturated heterocycles. The molecule has 3 nitrogen and oxygen atoms in total. The van der Waals surface area contributed by atoms with Crippen LogP contribution in [0.1, 0.15) is 32.6 Å². The molecule has 3 heteroatoms. The Kier molecular flexibility index (Phi) is 2.02.